The molecule has 1 amide bonds. The third-order valence-corrected chi connectivity index (χ3v) is 4.48. The van der Waals surface area contributed by atoms with E-state index in [1.54, 1.807) is 24.3 Å². The predicted molar refractivity (Wildman–Crippen MR) is 101 cm³/mol. The summed E-state index contributed by atoms with van der Waals surface area (Å²) in [5.74, 6) is -0.0259. The third-order valence-electron chi connectivity index (χ3n) is 4.48. The molecule has 2 aromatic rings. The molecule has 0 aromatic heterocycles. The lowest BCUT2D eigenvalue weighted by atomic mass is 10.1. The summed E-state index contributed by atoms with van der Waals surface area (Å²) in [6.45, 7) is 3.69. The van der Waals surface area contributed by atoms with Crippen LogP contribution in [0, 0.1) is 12.7 Å². The topological polar surface area (TPSA) is 53.9 Å². The number of carbonyl (C=O) groups excluding carboxylic acids is 1. The van der Waals surface area contributed by atoms with Crippen LogP contribution in [0.15, 0.2) is 41.5 Å². The average molecular weight is 355 g/mol. The summed E-state index contributed by atoms with van der Waals surface area (Å²) >= 11 is 0. The Kier molecular flexibility index (Phi) is 5.51. The highest BCUT2D eigenvalue weighted by atomic mass is 19.1. The monoisotopic (exact) mass is 355 g/mol. The first kappa shape index (κ1) is 17.9. The molecule has 26 heavy (non-hydrogen) atoms. The van der Waals surface area contributed by atoms with Crippen molar-refractivity contribution in [1.29, 1.82) is 0 Å². The number of methoxy groups -OCH3 is 1. The number of halogens is 1. The molecule has 6 heteroatoms. The fourth-order valence-electron chi connectivity index (χ4n) is 3.01. The molecule has 1 aliphatic rings. The Balaban J connectivity index is 1.70. The zero-order chi connectivity index (χ0) is 18.5. The van der Waals surface area contributed by atoms with Crippen molar-refractivity contribution in [2.24, 2.45) is 5.10 Å². The van der Waals surface area contributed by atoms with Crippen molar-refractivity contribution >= 4 is 17.8 Å². The molecule has 1 N–H and O–H groups in total. The lowest BCUT2D eigenvalue weighted by Gasteiger charge is -2.19. The van der Waals surface area contributed by atoms with Crippen LogP contribution < -0.4 is 15.1 Å². The van der Waals surface area contributed by atoms with E-state index in [1.807, 2.05) is 13.0 Å². The van der Waals surface area contributed by atoms with Crippen LogP contribution in [0.3, 0.4) is 0 Å². The molecule has 5 nitrogen and oxygen atoms in total. The van der Waals surface area contributed by atoms with Gasteiger partial charge in [0.2, 0.25) is 0 Å². The van der Waals surface area contributed by atoms with Gasteiger partial charge < -0.3 is 9.64 Å². The highest BCUT2D eigenvalue weighted by Crippen LogP contribution is 2.26. The molecule has 0 saturated carbocycles. The van der Waals surface area contributed by atoms with E-state index in [0.29, 0.717) is 22.6 Å². The van der Waals surface area contributed by atoms with Gasteiger partial charge in [0.15, 0.2) is 0 Å². The quantitative estimate of drug-likeness (QED) is 0.660. The lowest BCUT2D eigenvalue weighted by Crippen LogP contribution is -2.19. The molecule has 0 bridgehead atoms. The molecule has 3 rings (SSSR count). The van der Waals surface area contributed by atoms with Crippen LogP contribution >= 0.6 is 0 Å². The molecule has 0 radical (unpaired) electrons. The van der Waals surface area contributed by atoms with Crippen LogP contribution in [0.2, 0.25) is 0 Å². The number of nitrogens with one attached hydrogen (secondary N) is 1. The summed E-state index contributed by atoms with van der Waals surface area (Å²) in [6.07, 6.45) is 3.65. The number of nitrogens with zero attached hydrogens (tertiary/aromatic N) is 2. The Hall–Kier alpha value is -2.89. The highest BCUT2D eigenvalue weighted by molar-refractivity contribution is 5.95. The normalized spacial score (nSPS) is 14.0. The van der Waals surface area contributed by atoms with E-state index >= 15 is 0 Å². The van der Waals surface area contributed by atoms with Crippen LogP contribution in [0.1, 0.15) is 34.3 Å². The van der Waals surface area contributed by atoms with Crippen molar-refractivity contribution in [1.82, 2.24) is 5.43 Å². The first-order valence-electron chi connectivity index (χ1n) is 8.61. The van der Waals surface area contributed by atoms with Gasteiger partial charge in [-0.3, -0.25) is 4.79 Å². The van der Waals surface area contributed by atoms with Crippen molar-refractivity contribution in [3.63, 3.8) is 0 Å². The number of hydrogen-bond acceptors (Lipinski definition) is 4. The Morgan fingerprint density at radius 2 is 2.04 bits per heavy atom. The lowest BCUT2D eigenvalue weighted by molar-refractivity contribution is 0.0955. The van der Waals surface area contributed by atoms with E-state index in [0.717, 1.165) is 31.5 Å². The summed E-state index contributed by atoms with van der Waals surface area (Å²) < 4.78 is 19.5. The molecule has 1 fully saturated rings. The number of benzene rings is 2. The van der Waals surface area contributed by atoms with Gasteiger partial charge in [0.25, 0.3) is 5.91 Å². The summed E-state index contributed by atoms with van der Waals surface area (Å²) in [5, 5.41) is 3.96. The maximum absolute atomic E-state index is 14.4. The molecule has 1 heterocycles. The third kappa shape index (κ3) is 4.02. The second-order valence-corrected chi connectivity index (χ2v) is 6.29. The Labute approximate surface area is 152 Å². The van der Waals surface area contributed by atoms with E-state index in [9.17, 15) is 9.18 Å². The van der Waals surface area contributed by atoms with Crippen molar-refractivity contribution in [2.45, 2.75) is 19.8 Å². The number of ether oxygens (including phenoxy) is 1. The van der Waals surface area contributed by atoms with E-state index < -0.39 is 0 Å². The predicted octanol–water partition coefficient (Wildman–Crippen LogP) is 3.51. The molecule has 0 spiro atoms. The molecule has 136 valence electrons. The number of hydrogen-bond donors (Lipinski definition) is 1. The molecular weight excluding hydrogens is 333 g/mol. The minimum atomic E-state index is -0.355. The summed E-state index contributed by atoms with van der Waals surface area (Å²) in [7, 11) is 1.54. The molecule has 2 aromatic carbocycles. The van der Waals surface area contributed by atoms with Crippen molar-refractivity contribution in [3.05, 3.63) is 58.9 Å². The molecule has 0 unspecified atom stereocenters. The van der Waals surface area contributed by atoms with Gasteiger partial charge in [0.05, 0.1) is 19.0 Å². The minimum absolute atomic E-state index is 0.266. The number of aryl methyl sites for hydroxylation is 1. The van der Waals surface area contributed by atoms with Crippen LogP contribution in [0.5, 0.6) is 5.75 Å². The fourth-order valence-corrected chi connectivity index (χ4v) is 3.01. The molecule has 1 saturated heterocycles. The van der Waals surface area contributed by atoms with Crippen LogP contribution in [0.25, 0.3) is 0 Å². The fraction of sp³-hybridized carbons (Fsp3) is 0.300. The number of hydrazone groups is 1. The maximum Gasteiger partial charge on any atom is 0.271 e. The summed E-state index contributed by atoms with van der Waals surface area (Å²) in [4.78, 5) is 14.2. The second kappa shape index (κ2) is 7.99. The van der Waals surface area contributed by atoms with Crippen molar-refractivity contribution in [3.8, 4) is 5.75 Å². The zero-order valence-corrected chi connectivity index (χ0v) is 15.0. The van der Waals surface area contributed by atoms with E-state index in [-0.39, 0.29) is 11.7 Å². The zero-order valence-electron chi connectivity index (χ0n) is 15.0. The van der Waals surface area contributed by atoms with Crippen molar-refractivity contribution < 1.29 is 13.9 Å². The molecule has 0 atom stereocenters. The van der Waals surface area contributed by atoms with Gasteiger partial charge >= 0.3 is 0 Å². The van der Waals surface area contributed by atoms with E-state index in [2.05, 4.69) is 15.4 Å². The summed E-state index contributed by atoms with van der Waals surface area (Å²) in [5.41, 5.74) is 5.08. The molecular formula is C20H22FN3O2. The molecule has 0 aliphatic carbocycles. The standard InChI is InChI=1S/C20H22FN3O2/c1-14-10-19(24-8-3-4-9-24)18(21)12-16(14)13-22-23-20(25)15-6-5-7-17(11-15)26-2/h5-7,10-13H,3-4,8-9H2,1-2H3,(H,23,25)/b22-13-. The number of rotatable bonds is 5. The van der Waals surface area contributed by atoms with Crippen molar-refractivity contribution in [2.75, 3.05) is 25.1 Å². The summed E-state index contributed by atoms with van der Waals surface area (Å²) in [6, 6.07) is 10.1. The smallest absolute Gasteiger partial charge is 0.271 e. The Bertz CT molecular complexity index is 830. The average Bonchev–Trinajstić information content (AvgIpc) is 3.18. The number of anilines is 1. The van der Waals surface area contributed by atoms with Gasteiger partial charge in [-0.1, -0.05) is 6.07 Å². The Morgan fingerprint density at radius 1 is 1.27 bits per heavy atom. The SMILES string of the molecule is COc1cccc(C(=O)N/N=C\c2cc(F)c(N3CCCC3)cc2C)c1. The second-order valence-electron chi connectivity index (χ2n) is 6.29. The van der Waals surface area contributed by atoms with Gasteiger partial charge in [-0.15, -0.1) is 0 Å². The first-order valence-corrected chi connectivity index (χ1v) is 8.61. The van der Waals surface area contributed by atoms with Crippen LogP contribution in [-0.2, 0) is 0 Å². The van der Waals surface area contributed by atoms with Gasteiger partial charge in [-0.2, -0.15) is 5.10 Å². The van der Waals surface area contributed by atoms with Gasteiger partial charge in [0.1, 0.15) is 11.6 Å². The first-order chi connectivity index (χ1) is 12.6. The number of amides is 1. The van der Waals surface area contributed by atoms with Gasteiger partial charge in [-0.25, -0.2) is 9.82 Å². The largest absolute Gasteiger partial charge is 0.497 e. The maximum atomic E-state index is 14.4. The van der Waals surface area contributed by atoms with E-state index in [1.165, 1.54) is 19.4 Å². The highest BCUT2D eigenvalue weighted by Gasteiger charge is 2.17. The van der Waals surface area contributed by atoms with Crippen LogP contribution in [0.4, 0.5) is 10.1 Å². The Morgan fingerprint density at radius 3 is 2.77 bits per heavy atom. The minimum Gasteiger partial charge on any atom is -0.497 e. The van der Waals surface area contributed by atoms with Crippen LogP contribution in [-0.4, -0.2) is 32.3 Å². The van der Waals surface area contributed by atoms with Gasteiger partial charge in [0, 0.05) is 24.2 Å². The molecule has 1 aliphatic heterocycles. The van der Waals surface area contributed by atoms with E-state index in [4.69, 9.17) is 4.74 Å². The van der Waals surface area contributed by atoms with Gasteiger partial charge in [-0.05, 0) is 55.7 Å². The number of carbonyl (C=O) groups is 1.